The molecule has 3 nitrogen and oxygen atoms in total. The lowest BCUT2D eigenvalue weighted by Gasteiger charge is -2.36. The second kappa shape index (κ2) is 4.90. The van der Waals surface area contributed by atoms with Crippen molar-refractivity contribution in [3.63, 3.8) is 0 Å². The molecule has 1 unspecified atom stereocenters. The van der Waals surface area contributed by atoms with Gasteiger partial charge in [-0.05, 0) is 48.6 Å². The normalized spacial score (nSPS) is 17.9. The number of rotatable bonds is 2. The van der Waals surface area contributed by atoms with Crippen molar-refractivity contribution >= 4 is 22.9 Å². The van der Waals surface area contributed by atoms with Gasteiger partial charge in [-0.3, -0.25) is 5.41 Å². The summed E-state index contributed by atoms with van der Waals surface area (Å²) in [6.07, 6.45) is 0.978. The quantitative estimate of drug-likeness (QED) is 0.658. The second-order valence-electron chi connectivity index (χ2n) is 4.99. The van der Waals surface area contributed by atoms with Gasteiger partial charge in [0, 0.05) is 22.7 Å². The molecular weight excluding hydrogens is 273 g/mol. The molecule has 0 aliphatic carbocycles. The van der Waals surface area contributed by atoms with Crippen LogP contribution < -0.4 is 10.6 Å². The molecule has 20 heavy (non-hydrogen) atoms. The second-order valence-corrected chi connectivity index (χ2v) is 5.99. The monoisotopic (exact) mass is 289 g/mol. The minimum Gasteiger partial charge on any atom is -0.384 e. The van der Waals surface area contributed by atoms with Crippen LogP contribution in [0.4, 0.5) is 10.1 Å². The maximum absolute atomic E-state index is 13.4. The van der Waals surface area contributed by atoms with Gasteiger partial charge < -0.3 is 10.6 Å². The van der Waals surface area contributed by atoms with E-state index >= 15 is 0 Å². The Kier molecular flexibility index (Phi) is 3.22. The fourth-order valence-corrected chi connectivity index (χ4v) is 3.78. The lowest BCUT2D eigenvalue weighted by molar-refractivity contribution is 0.618. The average Bonchev–Trinajstić information content (AvgIpc) is 2.89. The van der Waals surface area contributed by atoms with Crippen molar-refractivity contribution in [2.24, 2.45) is 5.73 Å². The number of benzene rings is 1. The van der Waals surface area contributed by atoms with E-state index in [0.717, 1.165) is 18.7 Å². The van der Waals surface area contributed by atoms with E-state index in [1.165, 1.54) is 22.6 Å². The molecule has 2 heterocycles. The van der Waals surface area contributed by atoms with E-state index in [1.54, 1.807) is 17.4 Å². The molecule has 0 saturated carbocycles. The topological polar surface area (TPSA) is 53.1 Å². The summed E-state index contributed by atoms with van der Waals surface area (Å²) >= 11 is 1.79. The zero-order chi connectivity index (χ0) is 14.3. The lowest BCUT2D eigenvalue weighted by atomic mass is 9.99. The van der Waals surface area contributed by atoms with E-state index in [0.29, 0.717) is 5.56 Å². The highest BCUT2D eigenvalue weighted by Gasteiger charge is 2.26. The Bertz CT molecular complexity index is 665. The van der Waals surface area contributed by atoms with Gasteiger partial charge in [-0.25, -0.2) is 4.39 Å². The Labute approximate surface area is 121 Å². The maximum Gasteiger partial charge on any atom is 0.125 e. The molecule has 3 N–H and O–H groups in total. The third-order valence-corrected chi connectivity index (χ3v) is 4.83. The zero-order valence-electron chi connectivity index (χ0n) is 11.2. The summed E-state index contributed by atoms with van der Waals surface area (Å²) in [5, 5.41) is 9.77. The van der Waals surface area contributed by atoms with Gasteiger partial charge in [0.2, 0.25) is 0 Å². The Morgan fingerprint density at radius 1 is 1.45 bits per heavy atom. The molecule has 0 spiro atoms. The molecule has 1 aromatic carbocycles. The molecule has 1 aliphatic rings. The van der Waals surface area contributed by atoms with Crippen LogP contribution in [0, 0.1) is 11.2 Å². The molecule has 3 rings (SSSR count). The minimum atomic E-state index is -0.361. The summed E-state index contributed by atoms with van der Waals surface area (Å²) in [5.74, 6) is -0.456. The summed E-state index contributed by atoms with van der Waals surface area (Å²) in [7, 11) is 0. The highest BCUT2D eigenvalue weighted by Crippen LogP contribution is 2.37. The van der Waals surface area contributed by atoms with Crippen molar-refractivity contribution in [3.8, 4) is 0 Å². The van der Waals surface area contributed by atoms with Gasteiger partial charge in [0.25, 0.3) is 0 Å². The number of thiophene rings is 1. The predicted octanol–water partition coefficient (Wildman–Crippen LogP) is 3.29. The highest BCUT2D eigenvalue weighted by atomic mass is 32.1. The van der Waals surface area contributed by atoms with Crippen LogP contribution in [-0.4, -0.2) is 12.4 Å². The summed E-state index contributed by atoms with van der Waals surface area (Å²) in [6.45, 7) is 3.00. The number of fused-ring (bicyclic) bond motifs is 1. The molecule has 2 aromatic rings. The first-order valence-electron chi connectivity index (χ1n) is 6.55. The van der Waals surface area contributed by atoms with Crippen LogP contribution in [0.1, 0.15) is 29.0 Å². The molecular formula is C15H16FN3S. The number of anilines is 1. The summed E-state index contributed by atoms with van der Waals surface area (Å²) in [6, 6.07) is 6.85. The number of nitrogens with one attached hydrogen (secondary N) is 1. The maximum atomic E-state index is 13.4. The lowest BCUT2D eigenvalue weighted by Crippen LogP contribution is -2.34. The number of amidine groups is 1. The Balaban J connectivity index is 2.04. The molecule has 0 amide bonds. The fraction of sp³-hybridized carbons (Fsp3) is 0.267. The first kappa shape index (κ1) is 13.1. The third-order valence-electron chi connectivity index (χ3n) is 3.84. The van der Waals surface area contributed by atoms with Crippen LogP contribution >= 0.6 is 11.3 Å². The van der Waals surface area contributed by atoms with Gasteiger partial charge in [0.15, 0.2) is 0 Å². The molecule has 104 valence electrons. The molecule has 5 heteroatoms. The van der Waals surface area contributed by atoms with Crippen molar-refractivity contribution in [1.82, 2.24) is 0 Å². The number of nitrogens with zero attached hydrogens (tertiary/aromatic N) is 1. The zero-order valence-corrected chi connectivity index (χ0v) is 12.0. The third kappa shape index (κ3) is 2.08. The molecule has 1 aromatic heterocycles. The number of hydrogen-bond acceptors (Lipinski definition) is 3. The van der Waals surface area contributed by atoms with E-state index in [1.807, 2.05) is 0 Å². The minimum absolute atomic E-state index is 0.0946. The van der Waals surface area contributed by atoms with Crippen LogP contribution in [0.25, 0.3) is 0 Å². The van der Waals surface area contributed by atoms with Crippen molar-refractivity contribution in [2.75, 3.05) is 11.4 Å². The van der Waals surface area contributed by atoms with E-state index in [9.17, 15) is 4.39 Å². The molecule has 0 bridgehead atoms. The van der Waals surface area contributed by atoms with Crippen molar-refractivity contribution in [3.05, 3.63) is 51.5 Å². The Hall–Kier alpha value is -1.88. The highest BCUT2D eigenvalue weighted by molar-refractivity contribution is 7.10. The van der Waals surface area contributed by atoms with Gasteiger partial charge in [-0.15, -0.1) is 11.3 Å². The van der Waals surface area contributed by atoms with Crippen molar-refractivity contribution in [1.29, 1.82) is 5.41 Å². The van der Waals surface area contributed by atoms with E-state index in [2.05, 4.69) is 23.3 Å². The Morgan fingerprint density at radius 3 is 3.00 bits per heavy atom. The van der Waals surface area contributed by atoms with Crippen LogP contribution in [0.2, 0.25) is 0 Å². The molecule has 1 atom stereocenters. The van der Waals surface area contributed by atoms with Crippen LogP contribution in [0.5, 0.6) is 0 Å². The standard InChI is InChI=1S/C15H16FN3S/c1-9-11-5-7-20-14(11)4-6-19(9)13-3-2-10(16)8-12(13)15(17)18/h2-3,5,7-9H,4,6H2,1H3,(H3,17,18). The Morgan fingerprint density at radius 2 is 2.25 bits per heavy atom. The molecule has 1 aliphatic heterocycles. The van der Waals surface area contributed by atoms with E-state index < -0.39 is 0 Å². The van der Waals surface area contributed by atoms with Gasteiger partial charge in [-0.2, -0.15) is 0 Å². The summed E-state index contributed by atoms with van der Waals surface area (Å²) in [5.41, 5.74) is 8.23. The van der Waals surface area contributed by atoms with Crippen LogP contribution in [0.15, 0.2) is 29.6 Å². The van der Waals surface area contributed by atoms with Gasteiger partial charge in [0.05, 0.1) is 6.04 Å². The SMILES string of the molecule is CC1c2ccsc2CCN1c1ccc(F)cc1C(=N)N. The first-order valence-corrected chi connectivity index (χ1v) is 7.42. The predicted molar refractivity (Wildman–Crippen MR) is 81.2 cm³/mol. The molecule has 0 fully saturated rings. The summed E-state index contributed by atoms with van der Waals surface area (Å²) in [4.78, 5) is 3.62. The molecule has 0 saturated heterocycles. The van der Waals surface area contributed by atoms with Crippen molar-refractivity contribution < 1.29 is 4.39 Å². The van der Waals surface area contributed by atoms with Crippen molar-refractivity contribution in [2.45, 2.75) is 19.4 Å². The van der Waals surface area contributed by atoms with Crippen LogP contribution in [0.3, 0.4) is 0 Å². The van der Waals surface area contributed by atoms with E-state index in [4.69, 9.17) is 11.1 Å². The van der Waals surface area contributed by atoms with Gasteiger partial charge in [-0.1, -0.05) is 0 Å². The van der Waals surface area contributed by atoms with Crippen LogP contribution in [-0.2, 0) is 6.42 Å². The van der Waals surface area contributed by atoms with Gasteiger partial charge in [0.1, 0.15) is 11.7 Å². The largest absolute Gasteiger partial charge is 0.384 e. The average molecular weight is 289 g/mol. The number of halogens is 1. The fourth-order valence-electron chi connectivity index (χ4n) is 2.81. The smallest absolute Gasteiger partial charge is 0.125 e. The summed E-state index contributed by atoms with van der Waals surface area (Å²) < 4.78 is 13.4. The number of nitrogens with two attached hydrogens (primary N) is 1. The molecule has 0 radical (unpaired) electrons. The number of hydrogen-bond donors (Lipinski definition) is 2. The first-order chi connectivity index (χ1) is 9.58. The van der Waals surface area contributed by atoms with E-state index in [-0.39, 0.29) is 17.7 Å². The number of nitrogen functional groups attached to an aromatic ring is 1. The van der Waals surface area contributed by atoms with Gasteiger partial charge >= 0.3 is 0 Å².